The number of amidine groups is 1. The van der Waals surface area contributed by atoms with Crippen LogP contribution in [0.1, 0.15) is 13.8 Å². The molecule has 1 aliphatic heterocycles. The summed E-state index contributed by atoms with van der Waals surface area (Å²) in [5.41, 5.74) is 0. The number of rotatable bonds is 1. The molecule has 1 aliphatic rings. The van der Waals surface area contributed by atoms with Crippen molar-refractivity contribution in [1.82, 2.24) is 5.06 Å². The molecule has 0 fully saturated rings. The molecule has 0 aliphatic carbocycles. The Kier molecular flexibility index (Phi) is 2.27. The maximum atomic E-state index is 5.25. The van der Waals surface area contributed by atoms with Crippen LogP contribution in [0, 0.1) is 5.92 Å². The molecule has 0 unspecified atom stereocenters. The first kappa shape index (κ1) is 7.54. The molecule has 0 radical (unpaired) electrons. The third-order valence-corrected chi connectivity index (χ3v) is 1.49. The lowest BCUT2D eigenvalue weighted by Crippen LogP contribution is -2.35. The van der Waals surface area contributed by atoms with E-state index in [4.69, 9.17) is 4.84 Å². The summed E-state index contributed by atoms with van der Waals surface area (Å²) in [5.74, 6) is 1.51. The van der Waals surface area contributed by atoms with Crippen LogP contribution in [0.4, 0.5) is 0 Å². The maximum Gasteiger partial charge on any atom is 0.126 e. The van der Waals surface area contributed by atoms with E-state index in [0.29, 0.717) is 12.5 Å². The van der Waals surface area contributed by atoms with E-state index in [0.717, 1.165) is 12.4 Å². The second-order valence-corrected chi connectivity index (χ2v) is 2.73. The third-order valence-electron chi connectivity index (χ3n) is 1.49. The molecule has 58 valence electrons. The van der Waals surface area contributed by atoms with Gasteiger partial charge in [0.05, 0.1) is 13.2 Å². The number of hydrogen-bond acceptors (Lipinski definition) is 3. The van der Waals surface area contributed by atoms with Crippen molar-refractivity contribution in [3.05, 3.63) is 0 Å². The molecular weight excluding hydrogens is 128 g/mol. The largest absolute Gasteiger partial charge is 0.271 e. The highest BCUT2D eigenvalue weighted by molar-refractivity contribution is 5.83. The monoisotopic (exact) mass is 142 g/mol. The van der Waals surface area contributed by atoms with Crippen LogP contribution in [0.5, 0.6) is 0 Å². The van der Waals surface area contributed by atoms with E-state index in [1.165, 1.54) is 0 Å². The summed E-state index contributed by atoms with van der Waals surface area (Å²) in [5, 5.41) is 1.76. The van der Waals surface area contributed by atoms with Gasteiger partial charge in [-0.25, -0.2) is 5.06 Å². The fourth-order valence-corrected chi connectivity index (χ4v) is 1.05. The standard InChI is InChI=1S/C7H14N2O/c1-6(2)7-8-4-5-10-9(7)3/h6H,4-5H2,1-3H3. The van der Waals surface area contributed by atoms with Gasteiger partial charge in [0.15, 0.2) is 0 Å². The first-order valence-electron chi connectivity index (χ1n) is 3.63. The molecule has 3 nitrogen and oxygen atoms in total. The zero-order chi connectivity index (χ0) is 7.56. The van der Waals surface area contributed by atoms with Crippen molar-refractivity contribution < 1.29 is 4.84 Å². The normalized spacial score (nSPS) is 19.6. The molecule has 0 aromatic heterocycles. The van der Waals surface area contributed by atoms with Crippen LogP contribution in [-0.2, 0) is 4.84 Å². The predicted octanol–water partition coefficient (Wildman–Crippen LogP) is 0.918. The Balaban J connectivity index is 2.61. The SMILES string of the molecule is CC(C)C1=NCCON1C. The van der Waals surface area contributed by atoms with Gasteiger partial charge in [0.25, 0.3) is 0 Å². The van der Waals surface area contributed by atoms with E-state index in [-0.39, 0.29) is 0 Å². The molecule has 1 rings (SSSR count). The van der Waals surface area contributed by atoms with E-state index < -0.39 is 0 Å². The van der Waals surface area contributed by atoms with Crippen LogP contribution >= 0.6 is 0 Å². The molecule has 10 heavy (non-hydrogen) atoms. The molecule has 1 heterocycles. The second kappa shape index (κ2) is 3.01. The lowest BCUT2D eigenvalue weighted by Gasteiger charge is -2.26. The summed E-state index contributed by atoms with van der Waals surface area (Å²) in [6, 6.07) is 0. The number of hydroxylamine groups is 2. The number of hydrogen-bond donors (Lipinski definition) is 0. The number of nitrogens with zero attached hydrogens (tertiary/aromatic N) is 2. The molecule has 0 saturated heterocycles. The van der Waals surface area contributed by atoms with Gasteiger partial charge in [-0.3, -0.25) is 9.83 Å². The Morgan fingerprint density at radius 3 is 2.70 bits per heavy atom. The van der Waals surface area contributed by atoms with Crippen molar-refractivity contribution in [3.63, 3.8) is 0 Å². The van der Waals surface area contributed by atoms with Crippen molar-refractivity contribution in [2.45, 2.75) is 13.8 Å². The van der Waals surface area contributed by atoms with Gasteiger partial charge in [-0.1, -0.05) is 13.8 Å². The summed E-state index contributed by atoms with van der Waals surface area (Å²) in [6.45, 7) is 5.75. The fourth-order valence-electron chi connectivity index (χ4n) is 1.05. The summed E-state index contributed by atoms with van der Waals surface area (Å²) >= 11 is 0. The van der Waals surface area contributed by atoms with E-state index in [1.807, 2.05) is 7.05 Å². The first-order chi connectivity index (χ1) is 4.72. The van der Waals surface area contributed by atoms with Crippen molar-refractivity contribution in [2.24, 2.45) is 10.9 Å². The molecule has 0 spiro atoms. The number of aliphatic imine (C=N–C) groups is 1. The Bertz CT molecular complexity index is 143. The van der Waals surface area contributed by atoms with Gasteiger partial charge < -0.3 is 0 Å². The van der Waals surface area contributed by atoms with Crippen LogP contribution in [-0.4, -0.2) is 31.1 Å². The van der Waals surface area contributed by atoms with Crippen molar-refractivity contribution >= 4 is 5.84 Å². The first-order valence-corrected chi connectivity index (χ1v) is 3.63. The molecule has 0 saturated carbocycles. The van der Waals surface area contributed by atoms with Gasteiger partial charge in [0, 0.05) is 13.0 Å². The second-order valence-electron chi connectivity index (χ2n) is 2.73. The summed E-state index contributed by atoms with van der Waals surface area (Å²) in [6.07, 6.45) is 0. The smallest absolute Gasteiger partial charge is 0.126 e. The third kappa shape index (κ3) is 1.48. The molecule has 3 heteroatoms. The van der Waals surface area contributed by atoms with Gasteiger partial charge in [0.2, 0.25) is 0 Å². The minimum Gasteiger partial charge on any atom is -0.271 e. The van der Waals surface area contributed by atoms with Crippen LogP contribution in [0.3, 0.4) is 0 Å². The fraction of sp³-hybridized carbons (Fsp3) is 0.857. The molecular formula is C7H14N2O. The highest BCUT2D eigenvalue weighted by Crippen LogP contribution is 2.05. The van der Waals surface area contributed by atoms with Gasteiger partial charge in [-0.05, 0) is 0 Å². The summed E-state index contributed by atoms with van der Waals surface area (Å²) in [7, 11) is 1.90. The molecule has 0 N–H and O–H groups in total. The highest BCUT2D eigenvalue weighted by Gasteiger charge is 2.14. The van der Waals surface area contributed by atoms with Crippen LogP contribution in [0.25, 0.3) is 0 Å². The van der Waals surface area contributed by atoms with E-state index in [1.54, 1.807) is 5.06 Å². The van der Waals surface area contributed by atoms with Crippen molar-refractivity contribution in [1.29, 1.82) is 0 Å². The minimum absolute atomic E-state index is 0.463. The summed E-state index contributed by atoms with van der Waals surface area (Å²) < 4.78 is 0. The molecule has 0 aromatic carbocycles. The molecule has 0 bridgehead atoms. The quantitative estimate of drug-likeness (QED) is 0.544. The Labute approximate surface area is 61.6 Å². The zero-order valence-corrected chi connectivity index (χ0v) is 6.79. The van der Waals surface area contributed by atoms with E-state index in [9.17, 15) is 0 Å². The van der Waals surface area contributed by atoms with Crippen molar-refractivity contribution in [3.8, 4) is 0 Å². The average molecular weight is 142 g/mol. The predicted molar refractivity (Wildman–Crippen MR) is 40.9 cm³/mol. The van der Waals surface area contributed by atoms with Crippen LogP contribution in [0.2, 0.25) is 0 Å². The Hall–Kier alpha value is -0.570. The maximum absolute atomic E-state index is 5.25. The Morgan fingerprint density at radius 1 is 1.60 bits per heavy atom. The van der Waals surface area contributed by atoms with E-state index in [2.05, 4.69) is 18.8 Å². The van der Waals surface area contributed by atoms with Crippen molar-refractivity contribution in [2.75, 3.05) is 20.2 Å². The molecule has 0 amide bonds. The highest BCUT2D eigenvalue weighted by atomic mass is 16.7. The average Bonchev–Trinajstić information content (AvgIpc) is 1.88. The lowest BCUT2D eigenvalue weighted by molar-refractivity contribution is -0.0875. The topological polar surface area (TPSA) is 24.8 Å². The molecule has 0 aromatic rings. The lowest BCUT2D eigenvalue weighted by atomic mass is 10.2. The summed E-state index contributed by atoms with van der Waals surface area (Å²) in [4.78, 5) is 9.58. The Morgan fingerprint density at radius 2 is 2.30 bits per heavy atom. The van der Waals surface area contributed by atoms with E-state index >= 15 is 0 Å². The van der Waals surface area contributed by atoms with Gasteiger partial charge in [-0.2, -0.15) is 0 Å². The minimum atomic E-state index is 0.463. The molecule has 0 atom stereocenters. The van der Waals surface area contributed by atoms with Crippen LogP contribution in [0.15, 0.2) is 4.99 Å². The van der Waals surface area contributed by atoms with Gasteiger partial charge >= 0.3 is 0 Å². The van der Waals surface area contributed by atoms with Gasteiger partial charge in [0.1, 0.15) is 5.84 Å². The van der Waals surface area contributed by atoms with Crippen LogP contribution < -0.4 is 0 Å². The zero-order valence-electron chi connectivity index (χ0n) is 6.79. The van der Waals surface area contributed by atoms with Gasteiger partial charge in [-0.15, -0.1) is 0 Å².